The minimum Gasteiger partial charge on any atom is -0.352 e. The highest BCUT2D eigenvalue weighted by Gasteiger charge is 2.17. The number of rotatable bonds is 7. The van der Waals surface area contributed by atoms with Crippen LogP contribution in [0.1, 0.15) is 37.3 Å². The van der Waals surface area contributed by atoms with Gasteiger partial charge in [0.1, 0.15) is 0 Å². The van der Waals surface area contributed by atoms with E-state index < -0.39 is 0 Å². The van der Waals surface area contributed by atoms with E-state index in [9.17, 15) is 4.79 Å². The van der Waals surface area contributed by atoms with E-state index in [0.29, 0.717) is 19.5 Å². The average molecular weight is 391 g/mol. The molecule has 2 heterocycles. The highest BCUT2D eigenvalue weighted by molar-refractivity contribution is 5.77. The van der Waals surface area contributed by atoms with E-state index in [2.05, 4.69) is 46.4 Å². The average Bonchev–Trinajstić information content (AvgIpc) is 3.15. The van der Waals surface area contributed by atoms with Crippen molar-refractivity contribution in [1.29, 1.82) is 0 Å². The normalized spacial score (nSPS) is 17.5. The minimum absolute atomic E-state index is 0.0733. The number of piperidine rings is 1. The number of carbonyl (C=O) groups excluding carboxylic acids is 1. The Bertz CT molecular complexity index is 964. The van der Waals surface area contributed by atoms with Crippen LogP contribution in [0.4, 0.5) is 0 Å². The zero-order chi connectivity index (χ0) is 20.1. The van der Waals surface area contributed by atoms with Crippen molar-refractivity contribution >= 4 is 16.9 Å². The fourth-order valence-electron chi connectivity index (χ4n) is 4.25. The van der Waals surface area contributed by atoms with E-state index in [1.807, 2.05) is 35.2 Å². The van der Waals surface area contributed by atoms with E-state index in [4.69, 9.17) is 0 Å². The molecule has 152 valence electrons. The zero-order valence-corrected chi connectivity index (χ0v) is 17.2. The molecule has 1 N–H and O–H groups in total. The van der Waals surface area contributed by atoms with Crippen LogP contribution in [-0.2, 0) is 24.4 Å². The minimum atomic E-state index is 0.0733. The summed E-state index contributed by atoms with van der Waals surface area (Å²) in [4.78, 5) is 19.4. The van der Waals surface area contributed by atoms with Crippen LogP contribution in [0.2, 0.25) is 0 Å². The van der Waals surface area contributed by atoms with Crippen molar-refractivity contribution in [2.24, 2.45) is 5.92 Å². The summed E-state index contributed by atoms with van der Waals surface area (Å²) in [6.07, 6.45) is 4.88. The van der Waals surface area contributed by atoms with Gasteiger partial charge >= 0.3 is 0 Å². The van der Waals surface area contributed by atoms with Gasteiger partial charge in [0, 0.05) is 32.6 Å². The van der Waals surface area contributed by atoms with E-state index in [1.165, 1.54) is 37.1 Å². The largest absolute Gasteiger partial charge is 0.352 e. The Balaban J connectivity index is 1.31. The number of amides is 1. The molecular formula is C24H30N4O. The number of nitrogens with zero attached hydrogens (tertiary/aromatic N) is 3. The Labute approximate surface area is 172 Å². The third-order valence-electron chi connectivity index (χ3n) is 5.84. The second-order valence-electron chi connectivity index (χ2n) is 8.20. The van der Waals surface area contributed by atoms with Crippen LogP contribution >= 0.6 is 0 Å². The van der Waals surface area contributed by atoms with E-state index in [0.717, 1.165) is 23.5 Å². The predicted molar refractivity (Wildman–Crippen MR) is 116 cm³/mol. The molecule has 0 aliphatic carbocycles. The van der Waals surface area contributed by atoms with E-state index >= 15 is 0 Å². The van der Waals surface area contributed by atoms with Gasteiger partial charge in [-0.1, -0.05) is 43.3 Å². The molecule has 2 aromatic carbocycles. The molecule has 0 saturated carbocycles. The van der Waals surface area contributed by atoms with Crippen LogP contribution in [0.25, 0.3) is 11.0 Å². The van der Waals surface area contributed by atoms with Crippen LogP contribution in [0.3, 0.4) is 0 Å². The molecule has 0 spiro atoms. The van der Waals surface area contributed by atoms with Gasteiger partial charge in [-0.25, -0.2) is 4.98 Å². The molecule has 1 aliphatic heterocycles. The number of imidazole rings is 1. The number of fused-ring (bicyclic) bond motifs is 1. The Morgan fingerprint density at radius 1 is 1.14 bits per heavy atom. The van der Waals surface area contributed by atoms with Crippen molar-refractivity contribution in [1.82, 2.24) is 19.8 Å². The van der Waals surface area contributed by atoms with Crippen LogP contribution in [0.15, 0.2) is 54.9 Å². The van der Waals surface area contributed by atoms with Crippen molar-refractivity contribution in [3.05, 3.63) is 66.0 Å². The Morgan fingerprint density at radius 3 is 2.79 bits per heavy atom. The molecule has 1 aliphatic rings. The van der Waals surface area contributed by atoms with Gasteiger partial charge in [-0.15, -0.1) is 0 Å². The number of carbonyl (C=O) groups is 1. The van der Waals surface area contributed by atoms with Crippen molar-refractivity contribution in [2.45, 2.75) is 45.8 Å². The first-order chi connectivity index (χ1) is 14.2. The maximum Gasteiger partial charge on any atom is 0.222 e. The van der Waals surface area contributed by atoms with Crippen LogP contribution in [-0.4, -0.2) is 33.4 Å². The van der Waals surface area contributed by atoms with Crippen LogP contribution in [0.5, 0.6) is 0 Å². The van der Waals surface area contributed by atoms with E-state index in [-0.39, 0.29) is 5.91 Å². The molecule has 1 saturated heterocycles. The second-order valence-corrected chi connectivity index (χ2v) is 8.20. The third-order valence-corrected chi connectivity index (χ3v) is 5.84. The van der Waals surface area contributed by atoms with Gasteiger partial charge in [0.2, 0.25) is 5.91 Å². The molecule has 1 atom stereocenters. The van der Waals surface area contributed by atoms with Crippen molar-refractivity contribution in [3.8, 4) is 0 Å². The zero-order valence-electron chi connectivity index (χ0n) is 17.2. The first-order valence-corrected chi connectivity index (χ1v) is 10.6. The maximum atomic E-state index is 12.4. The summed E-state index contributed by atoms with van der Waals surface area (Å²) in [5.74, 6) is 0.846. The Hall–Kier alpha value is -2.66. The van der Waals surface area contributed by atoms with Crippen molar-refractivity contribution in [2.75, 3.05) is 13.1 Å². The molecule has 3 aromatic rings. The molecule has 1 unspecified atom stereocenters. The summed E-state index contributed by atoms with van der Waals surface area (Å²) in [5.41, 5.74) is 4.57. The fraction of sp³-hybridized carbons (Fsp3) is 0.417. The van der Waals surface area contributed by atoms with Gasteiger partial charge in [0.25, 0.3) is 0 Å². The monoisotopic (exact) mass is 390 g/mol. The Kier molecular flexibility index (Phi) is 6.25. The summed E-state index contributed by atoms with van der Waals surface area (Å²) >= 11 is 0. The fourth-order valence-corrected chi connectivity index (χ4v) is 4.25. The molecule has 29 heavy (non-hydrogen) atoms. The molecular weight excluding hydrogens is 360 g/mol. The Morgan fingerprint density at radius 2 is 1.93 bits per heavy atom. The topological polar surface area (TPSA) is 50.2 Å². The number of aromatic nitrogens is 2. The standard InChI is InChI=1S/C24H30N4O/c1-19-7-6-13-27(16-19)17-21-9-3-2-8-20(21)15-25-24(29)12-14-28-18-26-22-10-4-5-11-23(22)28/h2-5,8-11,18-19H,6-7,12-17H2,1H3,(H,25,29). The first-order valence-electron chi connectivity index (χ1n) is 10.6. The molecule has 5 heteroatoms. The molecule has 1 fully saturated rings. The predicted octanol–water partition coefficient (Wildman–Crippen LogP) is 3.97. The van der Waals surface area contributed by atoms with Gasteiger partial charge in [0.05, 0.1) is 17.4 Å². The first kappa shape index (κ1) is 19.6. The number of para-hydroxylation sites is 2. The highest BCUT2D eigenvalue weighted by atomic mass is 16.1. The lowest BCUT2D eigenvalue weighted by Crippen LogP contribution is -2.34. The number of nitrogens with one attached hydrogen (secondary N) is 1. The summed E-state index contributed by atoms with van der Waals surface area (Å²) in [7, 11) is 0. The number of hydrogen-bond acceptors (Lipinski definition) is 3. The molecule has 4 rings (SSSR count). The van der Waals surface area contributed by atoms with Crippen LogP contribution in [0, 0.1) is 5.92 Å². The lowest BCUT2D eigenvalue weighted by Gasteiger charge is -2.31. The quantitative estimate of drug-likeness (QED) is 0.664. The summed E-state index contributed by atoms with van der Waals surface area (Å²) < 4.78 is 2.04. The highest BCUT2D eigenvalue weighted by Crippen LogP contribution is 2.19. The van der Waals surface area contributed by atoms with E-state index in [1.54, 1.807) is 0 Å². The van der Waals surface area contributed by atoms with Gasteiger partial charge in [-0.3, -0.25) is 9.69 Å². The second kappa shape index (κ2) is 9.23. The van der Waals surface area contributed by atoms with Gasteiger partial charge < -0.3 is 9.88 Å². The smallest absolute Gasteiger partial charge is 0.222 e. The molecule has 5 nitrogen and oxygen atoms in total. The summed E-state index contributed by atoms with van der Waals surface area (Å²) in [6.45, 7) is 6.87. The summed E-state index contributed by atoms with van der Waals surface area (Å²) in [6, 6.07) is 16.5. The van der Waals surface area contributed by atoms with Crippen molar-refractivity contribution < 1.29 is 4.79 Å². The summed E-state index contributed by atoms with van der Waals surface area (Å²) in [5, 5.41) is 3.10. The lowest BCUT2D eigenvalue weighted by atomic mass is 9.99. The molecule has 0 bridgehead atoms. The lowest BCUT2D eigenvalue weighted by molar-refractivity contribution is -0.121. The SMILES string of the molecule is CC1CCCN(Cc2ccccc2CNC(=O)CCn2cnc3ccccc32)C1. The van der Waals surface area contributed by atoms with Crippen LogP contribution < -0.4 is 5.32 Å². The van der Waals surface area contributed by atoms with Gasteiger partial charge in [-0.2, -0.15) is 0 Å². The molecule has 0 radical (unpaired) electrons. The number of benzene rings is 2. The third kappa shape index (κ3) is 5.04. The van der Waals surface area contributed by atoms with Gasteiger partial charge in [-0.05, 0) is 48.6 Å². The number of hydrogen-bond donors (Lipinski definition) is 1. The number of aryl methyl sites for hydroxylation is 1. The number of likely N-dealkylation sites (tertiary alicyclic amines) is 1. The maximum absolute atomic E-state index is 12.4. The van der Waals surface area contributed by atoms with Gasteiger partial charge in [0.15, 0.2) is 0 Å². The van der Waals surface area contributed by atoms with Crippen molar-refractivity contribution in [3.63, 3.8) is 0 Å². The molecule has 1 aromatic heterocycles. The molecule has 1 amide bonds.